The topological polar surface area (TPSA) is 115 Å². The van der Waals surface area contributed by atoms with Gasteiger partial charge in [0.25, 0.3) is 5.91 Å². The molecule has 0 spiro atoms. The number of hydrogen-bond donors (Lipinski definition) is 2. The lowest BCUT2D eigenvalue weighted by molar-refractivity contribution is -0.134. The molecule has 2 N–H and O–H groups in total. The minimum atomic E-state index is -4.04. The molecule has 8 nitrogen and oxygen atoms in total. The van der Waals surface area contributed by atoms with Crippen molar-refractivity contribution in [3.63, 3.8) is 0 Å². The van der Waals surface area contributed by atoms with Crippen LogP contribution in [0.4, 0.5) is 0 Å². The lowest BCUT2D eigenvalue weighted by atomic mass is 9.98. The zero-order valence-corrected chi connectivity index (χ0v) is 14.6. The Morgan fingerprint density at radius 3 is 2.23 bits per heavy atom. The molecule has 0 aliphatic carbocycles. The number of ether oxygens (including phenoxy) is 2. The van der Waals surface area contributed by atoms with Gasteiger partial charge in [-0.1, -0.05) is 0 Å². The Balaban J connectivity index is 1.90. The fraction of sp³-hybridized carbons (Fsp3) is 0.294. The lowest BCUT2D eigenvalue weighted by Gasteiger charge is -2.34. The minimum absolute atomic E-state index is 0.0231. The van der Waals surface area contributed by atoms with Crippen LogP contribution in [0.2, 0.25) is 0 Å². The molecule has 3 rings (SSSR count). The highest BCUT2D eigenvalue weighted by atomic mass is 32.2. The lowest BCUT2D eigenvalue weighted by Crippen LogP contribution is -2.54. The predicted octanol–water partition coefficient (Wildman–Crippen LogP) is 1.70. The largest absolute Gasteiger partial charge is 0.457 e. The standard InChI is InChI=1S/C17H18N2O6S/c20-16(19-21)17(7-11-24-12-8-17)26(22,23)15-3-1-13(2-4-15)25-14-5-9-18-10-6-14/h1-6,9-10,21H,7-8,11-12H2,(H,19,20). The van der Waals surface area contributed by atoms with Gasteiger partial charge in [-0.15, -0.1) is 0 Å². The van der Waals surface area contributed by atoms with Crippen LogP contribution < -0.4 is 10.2 Å². The third-order valence-electron chi connectivity index (χ3n) is 4.35. The molecule has 0 saturated carbocycles. The summed E-state index contributed by atoms with van der Waals surface area (Å²) < 4.78 is 35.2. The maximum Gasteiger partial charge on any atom is 0.265 e. The summed E-state index contributed by atoms with van der Waals surface area (Å²) in [5.74, 6) is 0.0665. The molecule has 0 atom stereocenters. The fourth-order valence-corrected chi connectivity index (χ4v) is 4.82. The van der Waals surface area contributed by atoms with E-state index in [9.17, 15) is 13.2 Å². The van der Waals surface area contributed by atoms with Crippen LogP contribution in [0.25, 0.3) is 0 Å². The number of sulfone groups is 1. The molecule has 1 aliphatic heterocycles. The van der Waals surface area contributed by atoms with Gasteiger partial charge in [-0.2, -0.15) is 0 Å². The number of nitrogens with one attached hydrogen (secondary N) is 1. The average Bonchev–Trinajstić information content (AvgIpc) is 2.69. The molecule has 2 aromatic rings. The Labute approximate surface area is 150 Å². The molecule has 0 radical (unpaired) electrons. The van der Waals surface area contributed by atoms with E-state index in [1.165, 1.54) is 29.7 Å². The van der Waals surface area contributed by atoms with Crippen molar-refractivity contribution >= 4 is 15.7 Å². The highest BCUT2D eigenvalue weighted by Crippen LogP contribution is 2.36. The molecule has 1 aliphatic rings. The molecule has 2 heterocycles. The van der Waals surface area contributed by atoms with Crippen LogP contribution in [-0.4, -0.2) is 42.5 Å². The number of hydroxylamine groups is 1. The fourth-order valence-electron chi connectivity index (χ4n) is 2.88. The van der Waals surface area contributed by atoms with Crippen LogP contribution in [0.5, 0.6) is 11.5 Å². The highest BCUT2D eigenvalue weighted by molar-refractivity contribution is 7.93. The maximum absolute atomic E-state index is 13.1. The SMILES string of the molecule is O=C(NO)C1(S(=O)(=O)c2ccc(Oc3ccncc3)cc2)CCOCC1. The Bertz CT molecular complexity index is 862. The first-order valence-electron chi connectivity index (χ1n) is 7.94. The summed E-state index contributed by atoms with van der Waals surface area (Å²) in [5.41, 5.74) is 1.49. The van der Waals surface area contributed by atoms with E-state index in [1.807, 2.05) is 0 Å². The summed E-state index contributed by atoms with van der Waals surface area (Å²) >= 11 is 0. The van der Waals surface area contributed by atoms with Crippen LogP contribution in [0.15, 0.2) is 53.7 Å². The van der Waals surface area contributed by atoms with E-state index < -0.39 is 20.5 Å². The Kier molecular flexibility index (Phi) is 5.21. The Hall–Kier alpha value is -2.49. The molecule has 1 amide bonds. The first-order chi connectivity index (χ1) is 12.5. The van der Waals surface area contributed by atoms with Crippen LogP contribution in [0, 0.1) is 0 Å². The second kappa shape index (κ2) is 7.40. The Morgan fingerprint density at radius 2 is 1.65 bits per heavy atom. The number of carbonyl (C=O) groups is 1. The summed E-state index contributed by atoms with van der Waals surface area (Å²) in [6.07, 6.45) is 3.10. The van der Waals surface area contributed by atoms with Gasteiger partial charge in [0.15, 0.2) is 14.6 Å². The molecule has 0 bridgehead atoms. The molecular formula is C17H18N2O6S. The van der Waals surface area contributed by atoms with Gasteiger partial charge in [0, 0.05) is 25.6 Å². The van der Waals surface area contributed by atoms with Gasteiger partial charge >= 0.3 is 0 Å². The smallest absolute Gasteiger partial charge is 0.265 e. The third kappa shape index (κ3) is 3.28. The van der Waals surface area contributed by atoms with E-state index in [1.54, 1.807) is 24.5 Å². The van der Waals surface area contributed by atoms with E-state index >= 15 is 0 Å². The van der Waals surface area contributed by atoms with Crippen LogP contribution in [-0.2, 0) is 19.4 Å². The number of nitrogens with zero attached hydrogens (tertiary/aromatic N) is 1. The van der Waals surface area contributed by atoms with Gasteiger partial charge in [-0.25, -0.2) is 13.9 Å². The zero-order valence-electron chi connectivity index (χ0n) is 13.8. The summed E-state index contributed by atoms with van der Waals surface area (Å²) in [4.78, 5) is 16.1. The molecule has 26 heavy (non-hydrogen) atoms. The van der Waals surface area contributed by atoms with E-state index in [2.05, 4.69) is 4.98 Å². The maximum atomic E-state index is 13.1. The van der Waals surface area contributed by atoms with Crippen LogP contribution in [0.1, 0.15) is 12.8 Å². The summed E-state index contributed by atoms with van der Waals surface area (Å²) in [6.45, 7) is 0.242. The van der Waals surface area contributed by atoms with Crippen molar-refractivity contribution in [1.29, 1.82) is 0 Å². The van der Waals surface area contributed by atoms with Crippen molar-refractivity contribution in [3.05, 3.63) is 48.8 Å². The zero-order chi connectivity index (χ0) is 18.6. The predicted molar refractivity (Wildman–Crippen MR) is 90.7 cm³/mol. The molecule has 9 heteroatoms. The summed E-state index contributed by atoms with van der Waals surface area (Å²) in [5, 5.41) is 9.04. The first-order valence-corrected chi connectivity index (χ1v) is 9.43. The third-order valence-corrected chi connectivity index (χ3v) is 6.86. The number of benzene rings is 1. The number of rotatable bonds is 5. The first kappa shape index (κ1) is 18.3. The normalized spacial score (nSPS) is 16.7. The monoisotopic (exact) mass is 378 g/mol. The van der Waals surface area contributed by atoms with E-state index in [4.69, 9.17) is 14.7 Å². The van der Waals surface area contributed by atoms with E-state index in [0.29, 0.717) is 11.5 Å². The number of pyridine rings is 1. The quantitative estimate of drug-likeness (QED) is 0.601. The van der Waals surface area contributed by atoms with Crippen molar-refractivity contribution < 1.29 is 27.9 Å². The van der Waals surface area contributed by atoms with Crippen molar-refractivity contribution in [2.24, 2.45) is 0 Å². The van der Waals surface area contributed by atoms with Gasteiger partial charge in [0.2, 0.25) is 0 Å². The highest BCUT2D eigenvalue weighted by Gasteiger charge is 2.52. The number of hydrogen-bond acceptors (Lipinski definition) is 7. The molecular weight excluding hydrogens is 360 g/mol. The van der Waals surface area contributed by atoms with Gasteiger partial charge in [-0.05, 0) is 49.2 Å². The van der Waals surface area contributed by atoms with E-state index in [0.717, 1.165) is 0 Å². The average molecular weight is 378 g/mol. The summed E-state index contributed by atoms with van der Waals surface area (Å²) in [7, 11) is -4.04. The van der Waals surface area contributed by atoms with Gasteiger partial charge in [-0.3, -0.25) is 15.0 Å². The van der Waals surface area contributed by atoms with Crippen molar-refractivity contribution in [3.8, 4) is 11.5 Å². The molecule has 138 valence electrons. The van der Waals surface area contributed by atoms with Gasteiger partial charge in [0.05, 0.1) is 4.90 Å². The van der Waals surface area contributed by atoms with Gasteiger partial charge in [0.1, 0.15) is 11.5 Å². The van der Waals surface area contributed by atoms with Crippen molar-refractivity contribution in [2.45, 2.75) is 22.5 Å². The Morgan fingerprint density at radius 1 is 1.08 bits per heavy atom. The second-order valence-electron chi connectivity index (χ2n) is 5.81. The molecule has 1 aromatic carbocycles. The number of carbonyl (C=O) groups excluding carboxylic acids is 1. The van der Waals surface area contributed by atoms with Crippen LogP contribution >= 0.6 is 0 Å². The van der Waals surface area contributed by atoms with E-state index in [-0.39, 0.29) is 31.0 Å². The molecule has 1 fully saturated rings. The molecule has 1 saturated heterocycles. The number of amides is 1. The molecule has 0 unspecified atom stereocenters. The second-order valence-corrected chi connectivity index (χ2v) is 8.07. The van der Waals surface area contributed by atoms with Crippen molar-refractivity contribution in [1.82, 2.24) is 10.5 Å². The van der Waals surface area contributed by atoms with Crippen molar-refractivity contribution in [2.75, 3.05) is 13.2 Å². The van der Waals surface area contributed by atoms with Crippen LogP contribution in [0.3, 0.4) is 0 Å². The minimum Gasteiger partial charge on any atom is -0.457 e. The number of aromatic nitrogens is 1. The summed E-state index contributed by atoms with van der Waals surface area (Å²) in [6, 6.07) is 9.14. The molecule has 1 aromatic heterocycles. The van der Waals surface area contributed by atoms with Gasteiger partial charge < -0.3 is 9.47 Å².